The summed E-state index contributed by atoms with van der Waals surface area (Å²) in [5, 5.41) is 0. The maximum Gasteiger partial charge on any atom is 0.0589 e. The molecule has 0 aliphatic heterocycles. The van der Waals surface area contributed by atoms with Gasteiger partial charge in [0.15, 0.2) is 0 Å². The predicted octanol–water partition coefficient (Wildman–Crippen LogP) is 1.86. The van der Waals surface area contributed by atoms with E-state index >= 15 is 0 Å². The van der Waals surface area contributed by atoms with Gasteiger partial charge in [-0.2, -0.15) is 0 Å². The van der Waals surface area contributed by atoms with E-state index in [-0.39, 0.29) is 0 Å². The summed E-state index contributed by atoms with van der Waals surface area (Å²) in [6.07, 6.45) is 3.40. The molecular weight excluding hydrogens is 188 g/mol. The van der Waals surface area contributed by atoms with Crippen LogP contribution in [0.25, 0.3) is 0 Å². The summed E-state index contributed by atoms with van der Waals surface area (Å²) in [5.74, 6) is 0. The normalized spacial score (nSPS) is 15.6. The second-order valence-corrected chi connectivity index (χ2v) is 4.05. The van der Waals surface area contributed by atoms with E-state index < -0.39 is 0 Å². The highest BCUT2D eigenvalue weighted by Crippen LogP contribution is 2.11. The van der Waals surface area contributed by atoms with Crippen LogP contribution < -0.4 is 5.73 Å². The monoisotopic (exact) mass is 216 g/mol. The van der Waals surface area contributed by atoms with Gasteiger partial charge in [0, 0.05) is 25.7 Å². The van der Waals surface area contributed by atoms with Crippen LogP contribution in [0.4, 0.5) is 0 Å². The smallest absolute Gasteiger partial charge is 0.0589 e. The number of ether oxygens (including phenoxy) is 1. The van der Waals surface area contributed by atoms with Gasteiger partial charge in [-0.1, -0.05) is 27.2 Å². The van der Waals surface area contributed by atoms with Crippen molar-refractivity contribution < 1.29 is 4.74 Å². The molecule has 0 saturated heterocycles. The van der Waals surface area contributed by atoms with Crippen LogP contribution in [0, 0.1) is 0 Å². The molecule has 0 aromatic rings. The van der Waals surface area contributed by atoms with Crippen LogP contribution in [0.5, 0.6) is 0 Å². The van der Waals surface area contributed by atoms with Gasteiger partial charge in [0.05, 0.1) is 6.61 Å². The van der Waals surface area contributed by atoms with Crippen LogP contribution in [0.1, 0.15) is 40.0 Å². The lowest BCUT2D eigenvalue weighted by Crippen LogP contribution is -2.48. The molecular formula is C12H28N2O. The minimum absolute atomic E-state index is 0.303. The highest BCUT2D eigenvalue weighted by atomic mass is 16.5. The molecule has 0 bridgehead atoms. The fraction of sp³-hybridized carbons (Fsp3) is 1.00. The van der Waals surface area contributed by atoms with Crippen molar-refractivity contribution >= 4 is 0 Å². The molecule has 0 amide bonds. The molecule has 0 aliphatic carbocycles. The molecule has 2 unspecified atom stereocenters. The topological polar surface area (TPSA) is 38.5 Å². The zero-order valence-corrected chi connectivity index (χ0v) is 10.8. The highest BCUT2D eigenvalue weighted by molar-refractivity contribution is 4.80. The Morgan fingerprint density at radius 1 is 1.27 bits per heavy atom. The molecule has 0 spiro atoms. The van der Waals surface area contributed by atoms with Crippen LogP contribution in [0.3, 0.4) is 0 Å². The van der Waals surface area contributed by atoms with Crippen molar-refractivity contribution in [3.63, 3.8) is 0 Å². The maximum absolute atomic E-state index is 6.20. The van der Waals surface area contributed by atoms with Crippen LogP contribution >= 0.6 is 0 Å². The van der Waals surface area contributed by atoms with Crippen LogP contribution in [-0.2, 0) is 4.74 Å². The first-order valence-corrected chi connectivity index (χ1v) is 6.19. The van der Waals surface area contributed by atoms with Crippen molar-refractivity contribution in [1.29, 1.82) is 0 Å². The maximum atomic E-state index is 6.20. The second kappa shape index (κ2) is 9.13. The van der Waals surface area contributed by atoms with Crippen molar-refractivity contribution in [2.24, 2.45) is 5.73 Å². The Kier molecular flexibility index (Phi) is 9.06. The quantitative estimate of drug-likeness (QED) is 0.639. The third kappa shape index (κ3) is 5.50. The first-order valence-electron chi connectivity index (χ1n) is 6.19. The van der Waals surface area contributed by atoms with Gasteiger partial charge in [0.2, 0.25) is 0 Å². The summed E-state index contributed by atoms with van der Waals surface area (Å²) in [6.45, 7) is 9.44. The van der Waals surface area contributed by atoms with Crippen molar-refractivity contribution in [1.82, 2.24) is 4.90 Å². The first kappa shape index (κ1) is 14.9. The van der Waals surface area contributed by atoms with E-state index in [4.69, 9.17) is 10.5 Å². The van der Waals surface area contributed by atoms with Crippen LogP contribution in [0.2, 0.25) is 0 Å². The van der Waals surface area contributed by atoms with Gasteiger partial charge in [0.25, 0.3) is 0 Å². The molecule has 0 aliphatic rings. The van der Waals surface area contributed by atoms with Gasteiger partial charge in [-0.3, -0.25) is 4.90 Å². The van der Waals surface area contributed by atoms with Crippen LogP contribution in [0.15, 0.2) is 0 Å². The Balaban J connectivity index is 4.18. The lowest BCUT2D eigenvalue weighted by Gasteiger charge is -2.34. The van der Waals surface area contributed by atoms with Crippen molar-refractivity contribution in [2.45, 2.75) is 52.1 Å². The van der Waals surface area contributed by atoms with Gasteiger partial charge >= 0.3 is 0 Å². The van der Waals surface area contributed by atoms with Crippen molar-refractivity contribution in [3.05, 3.63) is 0 Å². The molecule has 0 rings (SSSR count). The molecule has 0 saturated carbocycles. The van der Waals surface area contributed by atoms with E-state index in [1.807, 2.05) is 0 Å². The fourth-order valence-electron chi connectivity index (χ4n) is 2.12. The largest absolute Gasteiger partial charge is 0.383 e. The SMILES string of the molecule is CCCC(N)C(CC)N(CC)CCOC. The number of nitrogens with zero attached hydrogens (tertiary/aromatic N) is 1. The van der Waals surface area contributed by atoms with E-state index in [0.717, 1.165) is 32.5 Å². The Morgan fingerprint density at radius 3 is 2.33 bits per heavy atom. The summed E-state index contributed by atoms with van der Waals surface area (Å²) >= 11 is 0. The average molecular weight is 216 g/mol. The van der Waals surface area contributed by atoms with E-state index in [1.165, 1.54) is 6.42 Å². The highest BCUT2D eigenvalue weighted by Gasteiger charge is 2.21. The van der Waals surface area contributed by atoms with E-state index in [1.54, 1.807) is 7.11 Å². The fourth-order valence-corrected chi connectivity index (χ4v) is 2.12. The lowest BCUT2D eigenvalue weighted by atomic mass is 10.00. The summed E-state index contributed by atoms with van der Waals surface area (Å²) in [4.78, 5) is 2.43. The molecule has 0 aromatic carbocycles. The summed E-state index contributed by atoms with van der Waals surface area (Å²) < 4.78 is 5.13. The first-order chi connectivity index (χ1) is 7.21. The van der Waals surface area contributed by atoms with E-state index in [2.05, 4.69) is 25.7 Å². The Hall–Kier alpha value is -0.120. The average Bonchev–Trinajstić information content (AvgIpc) is 2.24. The summed E-state index contributed by atoms with van der Waals surface area (Å²) in [6, 6.07) is 0.807. The Labute approximate surface area is 95.0 Å². The molecule has 15 heavy (non-hydrogen) atoms. The second-order valence-electron chi connectivity index (χ2n) is 4.05. The van der Waals surface area contributed by atoms with Crippen molar-refractivity contribution in [3.8, 4) is 0 Å². The minimum atomic E-state index is 0.303. The minimum Gasteiger partial charge on any atom is -0.383 e. The van der Waals surface area contributed by atoms with Crippen LogP contribution in [-0.4, -0.2) is 43.8 Å². The number of methoxy groups -OCH3 is 1. The lowest BCUT2D eigenvalue weighted by molar-refractivity contribution is 0.109. The van der Waals surface area contributed by atoms with Gasteiger partial charge in [-0.15, -0.1) is 0 Å². The number of hydrogen-bond donors (Lipinski definition) is 1. The molecule has 92 valence electrons. The zero-order chi connectivity index (χ0) is 11.7. The number of rotatable bonds is 9. The molecule has 3 nitrogen and oxygen atoms in total. The Morgan fingerprint density at radius 2 is 1.93 bits per heavy atom. The standard InChI is InChI=1S/C12H28N2O/c1-5-8-11(13)12(6-2)14(7-3)9-10-15-4/h11-12H,5-10,13H2,1-4H3. The Bertz CT molecular complexity index is 142. The van der Waals surface area contributed by atoms with Gasteiger partial charge in [-0.25, -0.2) is 0 Å². The number of nitrogens with two attached hydrogens (primary N) is 1. The molecule has 2 atom stereocenters. The summed E-state index contributed by atoms with van der Waals surface area (Å²) in [5.41, 5.74) is 6.20. The van der Waals surface area contributed by atoms with Crippen molar-refractivity contribution in [2.75, 3.05) is 26.8 Å². The molecule has 0 aromatic heterocycles. The van der Waals surface area contributed by atoms with E-state index in [9.17, 15) is 0 Å². The van der Waals surface area contributed by atoms with Gasteiger partial charge in [-0.05, 0) is 19.4 Å². The molecule has 3 heteroatoms. The predicted molar refractivity (Wildman–Crippen MR) is 66.1 cm³/mol. The molecule has 2 N–H and O–H groups in total. The zero-order valence-electron chi connectivity index (χ0n) is 10.8. The molecule has 0 heterocycles. The van der Waals surface area contributed by atoms with Gasteiger partial charge < -0.3 is 10.5 Å². The third-order valence-electron chi connectivity index (χ3n) is 2.99. The number of hydrogen-bond acceptors (Lipinski definition) is 3. The third-order valence-corrected chi connectivity index (χ3v) is 2.99. The number of likely N-dealkylation sites (N-methyl/N-ethyl adjacent to an activating group) is 1. The molecule has 0 radical (unpaired) electrons. The van der Waals surface area contributed by atoms with Gasteiger partial charge in [0.1, 0.15) is 0 Å². The summed E-state index contributed by atoms with van der Waals surface area (Å²) in [7, 11) is 1.75. The molecule has 0 fully saturated rings. The van der Waals surface area contributed by atoms with E-state index in [0.29, 0.717) is 12.1 Å².